The minimum Gasteiger partial charge on any atom is -0.374 e. The second-order valence-electron chi connectivity index (χ2n) is 4.34. The Bertz CT molecular complexity index is 535. The average molecular weight is 285 g/mol. The second-order valence-corrected chi connectivity index (χ2v) is 4.34. The van der Waals surface area contributed by atoms with Gasteiger partial charge in [-0.2, -0.15) is 18.4 Å². The lowest BCUT2D eigenvalue weighted by molar-refractivity contribution is -0.138. The lowest BCUT2D eigenvalue weighted by atomic mass is 10.1. The number of hydrogen-bond donors (Lipinski definition) is 2. The van der Waals surface area contributed by atoms with Crippen molar-refractivity contribution in [2.45, 2.75) is 26.1 Å². The number of carbonyl (C=O) groups is 1. The molecule has 1 aromatic carbocycles. The monoisotopic (exact) mass is 285 g/mol. The molecule has 0 aliphatic heterocycles. The third-order valence-electron chi connectivity index (χ3n) is 2.60. The summed E-state index contributed by atoms with van der Waals surface area (Å²) in [7, 11) is 0. The van der Waals surface area contributed by atoms with Gasteiger partial charge in [0.25, 0.3) is 0 Å². The number of nitrogens with one attached hydrogen (secondary N) is 2. The lowest BCUT2D eigenvalue weighted by Gasteiger charge is -2.17. The molecule has 0 saturated carbocycles. The fourth-order valence-corrected chi connectivity index (χ4v) is 1.49. The van der Waals surface area contributed by atoms with E-state index in [4.69, 9.17) is 5.26 Å². The topological polar surface area (TPSA) is 64.9 Å². The van der Waals surface area contributed by atoms with Crippen molar-refractivity contribution in [2.24, 2.45) is 0 Å². The van der Waals surface area contributed by atoms with Gasteiger partial charge in [-0.05, 0) is 31.5 Å². The number of nitriles is 1. The fraction of sp³-hybridized carbons (Fsp3) is 0.385. The van der Waals surface area contributed by atoms with Gasteiger partial charge >= 0.3 is 6.18 Å². The summed E-state index contributed by atoms with van der Waals surface area (Å²) >= 11 is 0. The van der Waals surface area contributed by atoms with Gasteiger partial charge < -0.3 is 10.6 Å². The van der Waals surface area contributed by atoms with E-state index in [0.717, 1.165) is 5.56 Å². The van der Waals surface area contributed by atoms with E-state index in [1.54, 1.807) is 30.4 Å². The average Bonchev–Trinajstić information content (AvgIpc) is 2.37. The summed E-state index contributed by atoms with van der Waals surface area (Å²) in [5.41, 5.74) is 1.74. The molecule has 2 N–H and O–H groups in total. The molecule has 1 unspecified atom stereocenters. The summed E-state index contributed by atoms with van der Waals surface area (Å²) in [5.74, 6) is -0.760. The van der Waals surface area contributed by atoms with Gasteiger partial charge in [0, 0.05) is 5.69 Å². The summed E-state index contributed by atoms with van der Waals surface area (Å²) in [4.78, 5) is 11.5. The number of nitrogens with zero attached hydrogens (tertiary/aromatic N) is 1. The molecule has 20 heavy (non-hydrogen) atoms. The number of halogens is 3. The maximum absolute atomic E-state index is 12.0. The summed E-state index contributed by atoms with van der Waals surface area (Å²) < 4.78 is 36.0. The Labute approximate surface area is 114 Å². The van der Waals surface area contributed by atoms with E-state index in [1.165, 1.54) is 6.92 Å². The molecule has 0 heterocycles. The van der Waals surface area contributed by atoms with Crippen LogP contribution in [0.15, 0.2) is 18.2 Å². The van der Waals surface area contributed by atoms with Crippen molar-refractivity contribution in [1.82, 2.24) is 5.32 Å². The largest absolute Gasteiger partial charge is 0.405 e. The molecule has 1 atom stereocenters. The quantitative estimate of drug-likeness (QED) is 0.892. The van der Waals surface area contributed by atoms with Crippen molar-refractivity contribution in [3.05, 3.63) is 29.3 Å². The van der Waals surface area contributed by atoms with Gasteiger partial charge in [-0.1, -0.05) is 6.07 Å². The third kappa shape index (κ3) is 4.80. The molecule has 108 valence electrons. The normalized spacial score (nSPS) is 12.4. The minimum absolute atomic E-state index is 0.404. The Morgan fingerprint density at radius 3 is 2.65 bits per heavy atom. The van der Waals surface area contributed by atoms with Crippen molar-refractivity contribution in [3.8, 4) is 6.07 Å². The van der Waals surface area contributed by atoms with Crippen LogP contribution < -0.4 is 10.6 Å². The molecule has 0 spiro atoms. The van der Waals surface area contributed by atoms with Crippen LogP contribution in [-0.4, -0.2) is 24.7 Å². The predicted molar refractivity (Wildman–Crippen MR) is 68.0 cm³/mol. The van der Waals surface area contributed by atoms with Gasteiger partial charge in [-0.15, -0.1) is 0 Å². The van der Waals surface area contributed by atoms with Crippen LogP contribution in [0.4, 0.5) is 18.9 Å². The lowest BCUT2D eigenvalue weighted by Crippen LogP contribution is -2.42. The molecule has 1 amide bonds. The zero-order chi connectivity index (χ0) is 15.3. The van der Waals surface area contributed by atoms with Gasteiger partial charge in [0.1, 0.15) is 12.6 Å². The standard InChI is InChI=1S/C13H14F3N3O/c1-8-3-4-10(6-17)5-11(8)19-9(2)12(20)18-7-13(14,15)16/h3-5,9,19H,7H2,1-2H3,(H,18,20). The van der Waals surface area contributed by atoms with E-state index < -0.39 is 24.7 Å². The Kier molecular flexibility index (Phi) is 4.97. The number of hydrogen-bond acceptors (Lipinski definition) is 3. The highest BCUT2D eigenvalue weighted by Gasteiger charge is 2.28. The molecule has 0 radical (unpaired) electrons. The van der Waals surface area contributed by atoms with E-state index in [-0.39, 0.29) is 0 Å². The third-order valence-corrected chi connectivity index (χ3v) is 2.60. The van der Waals surface area contributed by atoms with Gasteiger partial charge in [-0.3, -0.25) is 4.79 Å². The van der Waals surface area contributed by atoms with Gasteiger partial charge in [0.15, 0.2) is 0 Å². The van der Waals surface area contributed by atoms with Crippen LogP contribution in [0.3, 0.4) is 0 Å². The van der Waals surface area contributed by atoms with Crippen molar-refractivity contribution in [2.75, 3.05) is 11.9 Å². The van der Waals surface area contributed by atoms with Crippen LogP contribution in [0.25, 0.3) is 0 Å². The number of rotatable bonds is 4. The maximum atomic E-state index is 12.0. The molecular weight excluding hydrogens is 271 g/mol. The molecule has 0 bridgehead atoms. The van der Waals surface area contributed by atoms with E-state index in [9.17, 15) is 18.0 Å². The molecule has 0 aliphatic rings. The minimum atomic E-state index is -4.44. The SMILES string of the molecule is Cc1ccc(C#N)cc1NC(C)C(=O)NCC(F)(F)F. The number of alkyl halides is 3. The fourth-order valence-electron chi connectivity index (χ4n) is 1.49. The van der Waals surface area contributed by atoms with E-state index in [1.807, 2.05) is 6.07 Å². The van der Waals surface area contributed by atoms with Crippen LogP contribution in [-0.2, 0) is 4.79 Å². The Morgan fingerprint density at radius 2 is 2.10 bits per heavy atom. The highest BCUT2D eigenvalue weighted by Crippen LogP contribution is 2.17. The van der Waals surface area contributed by atoms with Crippen LogP contribution in [0.5, 0.6) is 0 Å². The first-order chi connectivity index (χ1) is 9.23. The molecule has 0 aliphatic carbocycles. The first-order valence-corrected chi connectivity index (χ1v) is 5.84. The number of aryl methyl sites for hydroxylation is 1. The van der Waals surface area contributed by atoms with Gasteiger partial charge in [0.05, 0.1) is 11.6 Å². The van der Waals surface area contributed by atoms with Gasteiger partial charge in [-0.25, -0.2) is 0 Å². The van der Waals surface area contributed by atoms with Crippen molar-refractivity contribution in [1.29, 1.82) is 5.26 Å². The highest BCUT2D eigenvalue weighted by atomic mass is 19.4. The summed E-state index contributed by atoms with van der Waals surface area (Å²) in [6.45, 7) is 1.85. The molecular formula is C13H14F3N3O. The number of carbonyl (C=O) groups excluding carboxylic acids is 1. The second kappa shape index (κ2) is 6.28. The summed E-state index contributed by atoms with van der Waals surface area (Å²) in [6.07, 6.45) is -4.44. The number of amides is 1. The van der Waals surface area contributed by atoms with Gasteiger partial charge in [0.2, 0.25) is 5.91 Å². The van der Waals surface area contributed by atoms with Crippen molar-refractivity contribution in [3.63, 3.8) is 0 Å². The predicted octanol–water partition coefficient (Wildman–Crippen LogP) is 2.35. The van der Waals surface area contributed by atoms with Crippen LogP contribution >= 0.6 is 0 Å². The Balaban J connectivity index is 2.68. The molecule has 0 aromatic heterocycles. The van der Waals surface area contributed by atoms with Crippen molar-refractivity contribution >= 4 is 11.6 Å². The van der Waals surface area contributed by atoms with Crippen LogP contribution in [0.1, 0.15) is 18.1 Å². The number of anilines is 1. The maximum Gasteiger partial charge on any atom is 0.405 e. The first-order valence-electron chi connectivity index (χ1n) is 5.84. The first kappa shape index (κ1) is 15.8. The number of benzene rings is 1. The molecule has 1 rings (SSSR count). The molecule has 0 saturated heterocycles. The highest BCUT2D eigenvalue weighted by molar-refractivity contribution is 5.84. The zero-order valence-corrected chi connectivity index (χ0v) is 11.0. The van der Waals surface area contributed by atoms with E-state index >= 15 is 0 Å². The van der Waals surface area contributed by atoms with E-state index in [0.29, 0.717) is 11.3 Å². The Morgan fingerprint density at radius 1 is 1.45 bits per heavy atom. The van der Waals surface area contributed by atoms with Crippen LogP contribution in [0.2, 0.25) is 0 Å². The zero-order valence-electron chi connectivity index (χ0n) is 11.0. The molecule has 0 fully saturated rings. The van der Waals surface area contributed by atoms with E-state index in [2.05, 4.69) is 5.32 Å². The summed E-state index contributed by atoms with van der Waals surface area (Å²) in [5, 5.41) is 13.4. The van der Waals surface area contributed by atoms with Crippen LogP contribution in [0, 0.1) is 18.3 Å². The van der Waals surface area contributed by atoms with Crippen molar-refractivity contribution < 1.29 is 18.0 Å². The molecule has 1 aromatic rings. The smallest absolute Gasteiger partial charge is 0.374 e. The Hall–Kier alpha value is -2.23. The molecule has 7 heteroatoms. The molecule has 4 nitrogen and oxygen atoms in total. The summed E-state index contributed by atoms with van der Waals surface area (Å²) in [6, 6.07) is 5.97.